The van der Waals surface area contributed by atoms with E-state index in [0.29, 0.717) is 19.0 Å². The van der Waals surface area contributed by atoms with Crippen LogP contribution in [0.3, 0.4) is 0 Å². The lowest BCUT2D eigenvalue weighted by Gasteiger charge is -2.22. The van der Waals surface area contributed by atoms with E-state index in [1.54, 1.807) is 6.92 Å². The van der Waals surface area contributed by atoms with Crippen molar-refractivity contribution >= 4 is 29.3 Å². The molecule has 2 amide bonds. The average molecular weight is 415 g/mol. The molecule has 0 radical (unpaired) electrons. The molecule has 2 unspecified atom stereocenters. The first kappa shape index (κ1) is 21.0. The van der Waals surface area contributed by atoms with E-state index in [1.165, 1.54) is 11.8 Å². The predicted molar refractivity (Wildman–Crippen MR) is 116 cm³/mol. The van der Waals surface area contributed by atoms with E-state index < -0.39 is 0 Å². The van der Waals surface area contributed by atoms with Gasteiger partial charge in [0.2, 0.25) is 11.8 Å². The van der Waals surface area contributed by atoms with Gasteiger partial charge >= 0.3 is 0 Å². The molecule has 0 fully saturated rings. The zero-order valence-corrected chi connectivity index (χ0v) is 17.7. The highest BCUT2D eigenvalue weighted by Crippen LogP contribution is 2.32. The normalized spacial score (nSPS) is 14.6. The Kier molecular flexibility index (Phi) is 7.04. The molecule has 7 heteroatoms. The van der Waals surface area contributed by atoms with E-state index in [1.807, 2.05) is 56.3 Å². The van der Waals surface area contributed by atoms with Crippen LogP contribution in [0.2, 0.25) is 0 Å². The first-order valence-corrected chi connectivity index (χ1v) is 10.7. The van der Waals surface area contributed by atoms with Crippen molar-refractivity contribution in [3.63, 3.8) is 0 Å². The van der Waals surface area contributed by atoms with Crippen LogP contribution in [0.4, 0.5) is 5.69 Å². The minimum atomic E-state index is -0.349. The van der Waals surface area contributed by atoms with Gasteiger partial charge in [0.05, 0.1) is 17.0 Å². The lowest BCUT2D eigenvalue weighted by atomic mass is 10.1. The van der Waals surface area contributed by atoms with Crippen LogP contribution in [0.5, 0.6) is 11.5 Å². The smallest absolute Gasteiger partial charge is 0.234 e. The van der Waals surface area contributed by atoms with E-state index >= 15 is 0 Å². The monoisotopic (exact) mass is 414 g/mol. The van der Waals surface area contributed by atoms with Crippen LogP contribution in [0.1, 0.15) is 31.0 Å². The number of hydrogen-bond acceptors (Lipinski definition) is 5. The van der Waals surface area contributed by atoms with Crippen LogP contribution in [-0.2, 0) is 9.59 Å². The molecular formula is C22H26N2O4S. The Hall–Kier alpha value is -2.67. The number of benzene rings is 2. The van der Waals surface area contributed by atoms with Crippen molar-refractivity contribution in [2.75, 3.05) is 24.3 Å². The largest absolute Gasteiger partial charge is 0.486 e. The second-order valence-electron chi connectivity index (χ2n) is 7.00. The molecular weight excluding hydrogens is 388 g/mol. The molecule has 0 aliphatic carbocycles. The summed E-state index contributed by atoms with van der Waals surface area (Å²) >= 11 is 1.31. The highest BCUT2D eigenvalue weighted by Gasteiger charge is 2.20. The lowest BCUT2D eigenvalue weighted by Crippen LogP contribution is -2.34. The minimum absolute atomic E-state index is 0.111. The molecule has 154 valence electrons. The summed E-state index contributed by atoms with van der Waals surface area (Å²) in [6, 6.07) is 13.1. The molecule has 0 bridgehead atoms. The number of nitrogens with one attached hydrogen (secondary N) is 2. The molecule has 2 aromatic rings. The van der Waals surface area contributed by atoms with Crippen LogP contribution in [0.25, 0.3) is 0 Å². The summed E-state index contributed by atoms with van der Waals surface area (Å²) in [6.07, 6.45) is 0. The maximum absolute atomic E-state index is 12.5. The van der Waals surface area contributed by atoms with E-state index in [0.717, 1.165) is 22.6 Å². The number of fused-ring (bicyclic) bond motifs is 1. The van der Waals surface area contributed by atoms with Crippen LogP contribution in [-0.4, -0.2) is 36.0 Å². The third-order valence-electron chi connectivity index (χ3n) is 4.59. The number of ether oxygens (including phenoxy) is 2. The number of anilines is 1. The van der Waals surface area contributed by atoms with Crippen molar-refractivity contribution in [2.24, 2.45) is 0 Å². The standard InChI is InChI=1S/C22H26N2O4S/c1-14-4-7-18(8-5-14)24-21(25)13-29-16(3)22(26)23-15(2)17-6-9-19-20(12-17)28-11-10-27-19/h4-9,12,15-16H,10-11,13H2,1-3H3,(H,23,26)(H,24,25). The number of carbonyl (C=O) groups excluding carboxylic acids is 2. The molecule has 0 saturated carbocycles. The second-order valence-corrected chi connectivity index (χ2v) is 8.33. The molecule has 29 heavy (non-hydrogen) atoms. The summed E-state index contributed by atoms with van der Waals surface area (Å²) in [6.45, 7) is 6.79. The molecule has 0 aromatic heterocycles. The van der Waals surface area contributed by atoms with Crippen molar-refractivity contribution in [2.45, 2.75) is 32.1 Å². The van der Waals surface area contributed by atoms with Crippen molar-refractivity contribution in [1.82, 2.24) is 5.32 Å². The van der Waals surface area contributed by atoms with Gasteiger partial charge in [-0.1, -0.05) is 23.8 Å². The summed E-state index contributed by atoms with van der Waals surface area (Å²) in [7, 11) is 0. The topological polar surface area (TPSA) is 76.7 Å². The molecule has 1 heterocycles. The molecule has 6 nitrogen and oxygen atoms in total. The fraction of sp³-hybridized carbons (Fsp3) is 0.364. The van der Waals surface area contributed by atoms with E-state index in [2.05, 4.69) is 10.6 Å². The Bertz CT molecular complexity index is 870. The number of carbonyl (C=O) groups is 2. The Morgan fingerprint density at radius 3 is 2.45 bits per heavy atom. The Balaban J connectivity index is 1.47. The van der Waals surface area contributed by atoms with E-state index in [9.17, 15) is 9.59 Å². The lowest BCUT2D eigenvalue weighted by molar-refractivity contribution is -0.120. The van der Waals surface area contributed by atoms with Gasteiger partial charge in [-0.05, 0) is 50.6 Å². The molecule has 2 atom stereocenters. The SMILES string of the molecule is Cc1ccc(NC(=O)CSC(C)C(=O)NC(C)c2ccc3c(c2)OCCO3)cc1. The van der Waals surface area contributed by atoms with Crippen LogP contribution in [0, 0.1) is 6.92 Å². The molecule has 2 aromatic carbocycles. The number of thioether (sulfide) groups is 1. The Morgan fingerprint density at radius 1 is 1.03 bits per heavy atom. The van der Waals surface area contributed by atoms with Crippen molar-refractivity contribution in [3.05, 3.63) is 53.6 Å². The second kappa shape index (κ2) is 9.69. The highest BCUT2D eigenvalue weighted by molar-refractivity contribution is 8.01. The summed E-state index contributed by atoms with van der Waals surface area (Å²) in [5.74, 6) is 1.40. The van der Waals surface area contributed by atoms with Gasteiger partial charge in [-0.25, -0.2) is 0 Å². The van der Waals surface area contributed by atoms with Gasteiger partial charge in [-0.3, -0.25) is 9.59 Å². The fourth-order valence-electron chi connectivity index (χ4n) is 2.85. The van der Waals surface area contributed by atoms with Crippen LogP contribution >= 0.6 is 11.8 Å². The van der Waals surface area contributed by atoms with Crippen LogP contribution < -0.4 is 20.1 Å². The fourth-order valence-corrected chi connectivity index (χ4v) is 3.55. The Labute approximate surface area is 175 Å². The van der Waals surface area contributed by atoms with Crippen molar-refractivity contribution in [3.8, 4) is 11.5 Å². The number of amides is 2. The van der Waals surface area contributed by atoms with Crippen molar-refractivity contribution < 1.29 is 19.1 Å². The molecule has 3 rings (SSSR count). The zero-order valence-electron chi connectivity index (χ0n) is 16.9. The number of aryl methyl sites for hydroxylation is 1. The Morgan fingerprint density at radius 2 is 1.72 bits per heavy atom. The first-order chi connectivity index (χ1) is 13.9. The molecule has 1 aliphatic rings. The quantitative estimate of drug-likeness (QED) is 0.722. The zero-order chi connectivity index (χ0) is 20.8. The molecule has 0 saturated heterocycles. The molecule has 1 aliphatic heterocycles. The summed E-state index contributed by atoms with van der Waals surface area (Å²) in [4.78, 5) is 24.6. The van der Waals surface area contributed by atoms with Crippen LogP contribution in [0.15, 0.2) is 42.5 Å². The highest BCUT2D eigenvalue weighted by atomic mass is 32.2. The van der Waals surface area contributed by atoms with Crippen molar-refractivity contribution in [1.29, 1.82) is 0 Å². The summed E-state index contributed by atoms with van der Waals surface area (Å²) in [5.41, 5.74) is 2.83. The number of hydrogen-bond donors (Lipinski definition) is 2. The third-order valence-corrected chi connectivity index (χ3v) is 5.74. The first-order valence-electron chi connectivity index (χ1n) is 9.60. The average Bonchev–Trinajstić information content (AvgIpc) is 2.73. The molecule has 0 spiro atoms. The third kappa shape index (κ3) is 5.90. The van der Waals surface area contributed by atoms with E-state index in [4.69, 9.17) is 9.47 Å². The van der Waals surface area contributed by atoms with Gasteiger partial charge in [-0.2, -0.15) is 0 Å². The molecule has 2 N–H and O–H groups in total. The minimum Gasteiger partial charge on any atom is -0.486 e. The maximum Gasteiger partial charge on any atom is 0.234 e. The van der Waals surface area contributed by atoms with E-state index in [-0.39, 0.29) is 28.9 Å². The van der Waals surface area contributed by atoms with Gasteiger partial charge in [0.15, 0.2) is 11.5 Å². The van der Waals surface area contributed by atoms with Gasteiger partial charge in [-0.15, -0.1) is 11.8 Å². The number of rotatable bonds is 7. The maximum atomic E-state index is 12.5. The van der Waals surface area contributed by atoms with Gasteiger partial charge < -0.3 is 20.1 Å². The van der Waals surface area contributed by atoms with Gasteiger partial charge in [0, 0.05) is 5.69 Å². The summed E-state index contributed by atoms with van der Waals surface area (Å²) in [5, 5.41) is 5.49. The van der Waals surface area contributed by atoms with Gasteiger partial charge in [0.25, 0.3) is 0 Å². The predicted octanol–water partition coefficient (Wildman–Crippen LogP) is 3.70. The van der Waals surface area contributed by atoms with Gasteiger partial charge in [0.1, 0.15) is 13.2 Å². The summed E-state index contributed by atoms with van der Waals surface area (Å²) < 4.78 is 11.1.